The summed E-state index contributed by atoms with van der Waals surface area (Å²) in [6.45, 7) is 4.44. The van der Waals surface area contributed by atoms with Gasteiger partial charge in [0.05, 0.1) is 25.2 Å². The Morgan fingerprint density at radius 1 is 1.33 bits per heavy atom. The molecule has 1 amide bonds. The van der Waals surface area contributed by atoms with Crippen molar-refractivity contribution in [2.75, 3.05) is 13.2 Å². The maximum atomic E-state index is 12.0. The first-order valence-corrected chi connectivity index (χ1v) is 7.67. The zero-order valence-corrected chi connectivity index (χ0v) is 12.9. The van der Waals surface area contributed by atoms with Gasteiger partial charge in [-0.15, -0.1) is 0 Å². The molecule has 0 unspecified atom stereocenters. The molecule has 0 bridgehead atoms. The minimum absolute atomic E-state index is 0.0244. The Kier molecular flexibility index (Phi) is 5.23. The Bertz CT molecular complexity index is 493. The van der Waals surface area contributed by atoms with E-state index in [0.717, 1.165) is 37.0 Å². The van der Waals surface area contributed by atoms with Gasteiger partial charge in [-0.25, -0.2) is 0 Å². The molecule has 0 aliphatic heterocycles. The number of carbonyl (C=O) groups is 1. The van der Waals surface area contributed by atoms with Crippen LogP contribution in [0.5, 0.6) is 5.75 Å². The van der Waals surface area contributed by atoms with Gasteiger partial charge in [-0.1, -0.05) is 25.0 Å². The number of rotatable bonds is 6. The summed E-state index contributed by atoms with van der Waals surface area (Å²) in [5, 5.41) is 12.5. The summed E-state index contributed by atoms with van der Waals surface area (Å²) >= 11 is 0. The number of carbonyl (C=O) groups excluding carboxylic acids is 1. The number of hydrogen-bond donors (Lipinski definition) is 2. The Hall–Kier alpha value is -1.55. The zero-order chi connectivity index (χ0) is 15.3. The molecule has 0 spiro atoms. The lowest BCUT2D eigenvalue weighted by Gasteiger charge is -2.28. The van der Waals surface area contributed by atoms with Gasteiger partial charge in [-0.05, 0) is 43.9 Å². The number of aryl methyl sites for hydroxylation is 1. The molecule has 21 heavy (non-hydrogen) atoms. The SMILES string of the molecule is Cc1cccc(OCCC(=O)NC2(CO)CCCC2)c1C. The van der Waals surface area contributed by atoms with Crippen molar-refractivity contribution in [3.05, 3.63) is 29.3 Å². The Labute approximate surface area is 126 Å². The smallest absolute Gasteiger partial charge is 0.223 e. The van der Waals surface area contributed by atoms with Crippen molar-refractivity contribution >= 4 is 5.91 Å². The van der Waals surface area contributed by atoms with Crippen LogP contribution in [0.4, 0.5) is 0 Å². The third-order valence-electron chi connectivity index (χ3n) is 4.41. The van der Waals surface area contributed by atoms with Gasteiger partial charge in [0.2, 0.25) is 5.91 Å². The van der Waals surface area contributed by atoms with Crippen LogP contribution in [0, 0.1) is 13.8 Å². The summed E-state index contributed by atoms with van der Waals surface area (Å²) in [5.41, 5.74) is 1.90. The van der Waals surface area contributed by atoms with Gasteiger partial charge >= 0.3 is 0 Å². The molecule has 2 rings (SSSR count). The molecule has 1 aliphatic rings. The molecule has 0 atom stereocenters. The van der Waals surface area contributed by atoms with Crippen LogP contribution in [0.1, 0.15) is 43.2 Å². The van der Waals surface area contributed by atoms with Crippen LogP contribution in [0.15, 0.2) is 18.2 Å². The van der Waals surface area contributed by atoms with Gasteiger partial charge in [-0.2, -0.15) is 0 Å². The van der Waals surface area contributed by atoms with Crippen molar-refractivity contribution in [2.24, 2.45) is 0 Å². The van der Waals surface area contributed by atoms with E-state index >= 15 is 0 Å². The van der Waals surface area contributed by atoms with Crippen molar-refractivity contribution in [1.29, 1.82) is 0 Å². The van der Waals surface area contributed by atoms with Gasteiger partial charge in [0, 0.05) is 0 Å². The number of aliphatic hydroxyl groups excluding tert-OH is 1. The normalized spacial score (nSPS) is 16.7. The van der Waals surface area contributed by atoms with E-state index in [2.05, 4.69) is 5.32 Å². The van der Waals surface area contributed by atoms with Gasteiger partial charge < -0.3 is 15.2 Å². The third-order valence-corrected chi connectivity index (χ3v) is 4.41. The van der Waals surface area contributed by atoms with E-state index < -0.39 is 5.54 Å². The molecule has 4 nitrogen and oxygen atoms in total. The highest BCUT2D eigenvalue weighted by molar-refractivity contribution is 5.77. The number of nitrogens with one attached hydrogen (secondary N) is 1. The molecular weight excluding hydrogens is 266 g/mol. The first-order valence-electron chi connectivity index (χ1n) is 7.67. The monoisotopic (exact) mass is 291 g/mol. The molecule has 116 valence electrons. The van der Waals surface area contributed by atoms with Crippen LogP contribution >= 0.6 is 0 Å². The summed E-state index contributed by atoms with van der Waals surface area (Å²) in [6, 6.07) is 5.92. The zero-order valence-electron chi connectivity index (χ0n) is 12.9. The number of aliphatic hydroxyl groups is 1. The topological polar surface area (TPSA) is 58.6 Å². The van der Waals surface area contributed by atoms with E-state index in [9.17, 15) is 9.90 Å². The van der Waals surface area contributed by atoms with Crippen LogP contribution in [0.3, 0.4) is 0 Å². The minimum Gasteiger partial charge on any atom is -0.493 e. The van der Waals surface area contributed by atoms with Gasteiger partial charge in [0.25, 0.3) is 0 Å². The predicted octanol–water partition coefficient (Wildman–Crippen LogP) is 2.49. The van der Waals surface area contributed by atoms with Crippen LogP contribution in [-0.4, -0.2) is 29.8 Å². The van der Waals surface area contributed by atoms with Gasteiger partial charge in [-0.3, -0.25) is 4.79 Å². The first kappa shape index (κ1) is 15.8. The highest BCUT2D eigenvalue weighted by Crippen LogP contribution is 2.29. The highest BCUT2D eigenvalue weighted by atomic mass is 16.5. The lowest BCUT2D eigenvalue weighted by atomic mass is 9.99. The number of hydrogen-bond acceptors (Lipinski definition) is 3. The minimum atomic E-state index is -0.393. The molecular formula is C17H25NO3. The molecule has 0 aromatic heterocycles. The average molecular weight is 291 g/mol. The first-order chi connectivity index (χ1) is 10.1. The third kappa shape index (κ3) is 3.97. The van der Waals surface area contributed by atoms with Crippen molar-refractivity contribution in [2.45, 2.75) is 51.5 Å². The predicted molar refractivity (Wildman–Crippen MR) is 82.5 cm³/mol. The van der Waals surface area contributed by atoms with Crippen LogP contribution in [-0.2, 0) is 4.79 Å². The largest absolute Gasteiger partial charge is 0.493 e. The van der Waals surface area contributed by atoms with Crippen LogP contribution < -0.4 is 10.1 Å². The van der Waals surface area contributed by atoms with E-state index in [1.807, 2.05) is 32.0 Å². The second kappa shape index (κ2) is 6.94. The molecule has 1 aromatic carbocycles. The Morgan fingerprint density at radius 2 is 2.05 bits per heavy atom. The maximum absolute atomic E-state index is 12.0. The van der Waals surface area contributed by atoms with E-state index in [-0.39, 0.29) is 12.5 Å². The summed E-state index contributed by atoms with van der Waals surface area (Å²) in [4.78, 5) is 12.0. The fourth-order valence-corrected chi connectivity index (χ4v) is 2.87. The number of amides is 1. The van der Waals surface area contributed by atoms with Crippen molar-refractivity contribution in [1.82, 2.24) is 5.32 Å². The second-order valence-electron chi connectivity index (χ2n) is 5.99. The quantitative estimate of drug-likeness (QED) is 0.846. The van der Waals surface area contributed by atoms with Crippen molar-refractivity contribution < 1.29 is 14.6 Å². The maximum Gasteiger partial charge on any atom is 0.223 e. The summed E-state index contributed by atoms with van der Waals surface area (Å²) < 4.78 is 5.70. The molecule has 0 heterocycles. The number of ether oxygens (including phenoxy) is 1. The van der Waals surface area contributed by atoms with Crippen molar-refractivity contribution in [3.63, 3.8) is 0 Å². The second-order valence-corrected chi connectivity index (χ2v) is 5.99. The molecule has 0 saturated heterocycles. The standard InChI is InChI=1S/C17H25NO3/c1-13-6-5-7-15(14(13)2)21-11-8-16(20)18-17(12-19)9-3-4-10-17/h5-7,19H,3-4,8-12H2,1-2H3,(H,18,20). The van der Waals surface area contributed by atoms with E-state index in [4.69, 9.17) is 4.74 Å². The van der Waals surface area contributed by atoms with Crippen molar-refractivity contribution in [3.8, 4) is 5.75 Å². The Balaban J connectivity index is 1.80. The fourth-order valence-electron chi connectivity index (χ4n) is 2.87. The fraction of sp³-hybridized carbons (Fsp3) is 0.588. The van der Waals surface area contributed by atoms with E-state index in [0.29, 0.717) is 13.0 Å². The van der Waals surface area contributed by atoms with Gasteiger partial charge in [0.15, 0.2) is 0 Å². The average Bonchev–Trinajstić information content (AvgIpc) is 2.92. The molecule has 0 radical (unpaired) electrons. The van der Waals surface area contributed by atoms with E-state index in [1.54, 1.807) is 0 Å². The van der Waals surface area contributed by atoms with Gasteiger partial charge in [0.1, 0.15) is 5.75 Å². The lowest BCUT2D eigenvalue weighted by Crippen LogP contribution is -2.49. The molecule has 1 fully saturated rings. The summed E-state index contributed by atoms with van der Waals surface area (Å²) in [6.07, 6.45) is 4.19. The molecule has 4 heteroatoms. The van der Waals surface area contributed by atoms with E-state index in [1.165, 1.54) is 5.56 Å². The number of benzene rings is 1. The van der Waals surface area contributed by atoms with Crippen LogP contribution in [0.25, 0.3) is 0 Å². The molecule has 1 aromatic rings. The Morgan fingerprint density at radius 3 is 2.71 bits per heavy atom. The molecule has 1 aliphatic carbocycles. The lowest BCUT2D eigenvalue weighted by molar-refractivity contribution is -0.124. The molecule has 2 N–H and O–H groups in total. The highest BCUT2D eigenvalue weighted by Gasteiger charge is 2.34. The summed E-state index contributed by atoms with van der Waals surface area (Å²) in [5.74, 6) is 0.789. The van der Waals surface area contributed by atoms with Crippen LogP contribution in [0.2, 0.25) is 0 Å². The molecule has 1 saturated carbocycles. The summed E-state index contributed by atoms with van der Waals surface area (Å²) in [7, 11) is 0.